The summed E-state index contributed by atoms with van der Waals surface area (Å²) in [6.07, 6.45) is 3.67. The van der Waals surface area contributed by atoms with Crippen LogP contribution >= 0.6 is 0 Å². The maximum atomic E-state index is 11.8. The highest BCUT2D eigenvalue weighted by Crippen LogP contribution is 2.29. The normalized spacial score (nSPS) is 17.6. The summed E-state index contributed by atoms with van der Waals surface area (Å²) in [6, 6.07) is 0.250. The molecule has 5 heteroatoms. The van der Waals surface area contributed by atoms with Gasteiger partial charge in [-0.25, -0.2) is 8.42 Å². The van der Waals surface area contributed by atoms with Crippen LogP contribution in [-0.2, 0) is 10.0 Å². The van der Waals surface area contributed by atoms with Gasteiger partial charge < -0.3 is 5.73 Å². The Bertz CT molecular complexity index is 260. The molecule has 1 aliphatic rings. The third-order valence-corrected chi connectivity index (χ3v) is 4.42. The maximum absolute atomic E-state index is 11.8. The number of rotatable bonds is 7. The summed E-state index contributed by atoms with van der Waals surface area (Å²) in [6.45, 7) is 2.90. The van der Waals surface area contributed by atoms with Crippen LogP contribution < -0.4 is 5.73 Å². The summed E-state index contributed by atoms with van der Waals surface area (Å²) < 4.78 is 25.3. The number of nitrogens with zero attached hydrogens (tertiary/aromatic N) is 1. The molecule has 84 valence electrons. The standard InChI is InChI=1S/C9H20N2O2S/c1-2-3-8-14(12,13)11(7-6-10)9-4-5-9/h9H,2-8,10H2,1H3. The predicted octanol–water partition coefficient (Wildman–Crippen LogP) is 0.539. The van der Waals surface area contributed by atoms with Crippen molar-refractivity contribution in [1.29, 1.82) is 0 Å². The lowest BCUT2D eigenvalue weighted by molar-refractivity contribution is 0.410. The van der Waals surface area contributed by atoms with Crippen LogP contribution in [0, 0.1) is 0 Å². The van der Waals surface area contributed by atoms with Gasteiger partial charge in [0.1, 0.15) is 0 Å². The number of unbranched alkanes of at least 4 members (excludes halogenated alkanes) is 1. The Kier molecular flexibility index (Phi) is 4.34. The van der Waals surface area contributed by atoms with Crippen LogP contribution in [0.3, 0.4) is 0 Å². The number of hydrogen-bond acceptors (Lipinski definition) is 3. The number of nitrogens with two attached hydrogens (primary N) is 1. The first-order valence-electron chi connectivity index (χ1n) is 5.31. The maximum Gasteiger partial charge on any atom is 0.214 e. The average molecular weight is 220 g/mol. The fraction of sp³-hybridized carbons (Fsp3) is 1.00. The van der Waals surface area contributed by atoms with Crippen LogP contribution in [0.25, 0.3) is 0 Å². The Hall–Kier alpha value is -0.130. The molecule has 0 aliphatic heterocycles. The first-order chi connectivity index (χ1) is 6.61. The summed E-state index contributed by atoms with van der Waals surface area (Å²) in [5, 5.41) is 0. The zero-order valence-corrected chi connectivity index (χ0v) is 9.59. The zero-order chi connectivity index (χ0) is 10.6. The molecule has 0 aromatic rings. The third kappa shape index (κ3) is 3.22. The molecular formula is C9H20N2O2S. The second-order valence-electron chi connectivity index (χ2n) is 3.80. The van der Waals surface area contributed by atoms with Gasteiger partial charge in [0, 0.05) is 19.1 Å². The summed E-state index contributed by atoms with van der Waals surface area (Å²) in [5.41, 5.74) is 5.41. The van der Waals surface area contributed by atoms with E-state index in [4.69, 9.17) is 5.73 Å². The van der Waals surface area contributed by atoms with Crippen molar-refractivity contribution in [2.24, 2.45) is 5.73 Å². The molecule has 0 aromatic heterocycles. The molecule has 0 atom stereocenters. The SMILES string of the molecule is CCCCS(=O)(=O)N(CCN)C1CC1. The zero-order valence-electron chi connectivity index (χ0n) is 8.78. The fourth-order valence-corrected chi connectivity index (χ4v) is 3.42. The molecule has 0 spiro atoms. The molecule has 1 saturated carbocycles. The van der Waals surface area contributed by atoms with Crippen molar-refractivity contribution in [2.75, 3.05) is 18.8 Å². The lowest BCUT2D eigenvalue weighted by Crippen LogP contribution is -2.38. The second-order valence-corrected chi connectivity index (χ2v) is 5.84. The summed E-state index contributed by atoms with van der Waals surface area (Å²) in [5.74, 6) is 0.278. The van der Waals surface area contributed by atoms with E-state index >= 15 is 0 Å². The van der Waals surface area contributed by atoms with Crippen LogP contribution in [0.15, 0.2) is 0 Å². The minimum absolute atomic E-state index is 0.250. The third-order valence-electron chi connectivity index (χ3n) is 2.42. The van der Waals surface area contributed by atoms with Gasteiger partial charge in [0.05, 0.1) is 5.75 Å². The molecule has 1 rings (SSSR count). The van der Waals surface area contributed by atoms with Gasteiger partial charge in [0.2, 0.25) is 10.0 Å². The number of hydrogen-bond donors (Lipinski definition) is 1. The average Bonchev–Trinajstić information content (AvgIpc) is 2.94. The monoisotopic (exact) mass is 220 g/mol. The van der Waals surface area contributed by atoms with Gasteiger partial charge in [-0.3, -0.25) is 0 Å². The van der Waals surface area contributed by atoms with Crippen LogP contribution in [-0.4, -0.2) is 37.6 Å². The Morgan fingerprint density at radius 3 is 2.50 bits per heavy atom. The lowest BCUT2D eigenvalue weighted by Gasteiger charge is -2.20. The van der Waals surface area contributed by atoms with Crippen molar-refractivity contribution in [3.05, 3.63) is 0 Å². The van der Waals surface area contributed by atoms with Crippen LogP contribution in [0.2, 0.25) is 0 Å². The molecule has 1 aliphatic carbocycles. The van der Waals surface area contributed by atoms with E-state index < -0.39 is 10.0 Å². The predicted molar refractivity (Wildman–Crippen MR) is 57.5 cm³/mol. The highest BCUT2D eigenvalue weighted by Gasteiger charge is 2.35. The van der Waals surface area contributed by atoms with E-state index in [1.165, 1.54) is 0 Å². The summed E-state index contributed by atoms with van der Waals surface area (Å²) >= 11 is 0. The van der Waals surface area contributed by atoms with E-state index in [9.17, 15) is 8.42 Å². The Morgan fingerprint density at radius 2 is 2.07 bits per heavy atom. The smallest absolute Gasteiger partial charge is 0.214 e. The van der Waals surface area contributed by atoms with E-state index in [0.717, 1.165) is 25.7 Å². The minimum Gasteiger partial charge on any atom is -0.329 e. The van der Waals surface area contributed by atoms with Gasteiger partial charge in [-0.2, -0.15) is 4.31 Å². The molecule has 14 heavy (non-hydrogen) atoms. The molecule has 0 aromatic carbocycles. The molecule has 1 fully saturated rings. The molecule has 4 nitrogen and oxygen atoms in total. The fourth-order valence-electron chi connectivity index (χ4n) is 1.48. The molecule has 0 saturated heterocycles. The van der Waals surface area contributed by atoms with Gasteiger partial charge in [0.15, 0.2) is 0 Å². The van der Waals surface area contributed by atoms with E-state index in [2.05, 4.69) is 0 Å². The summed E-state index contributed by atoms with van der Waals surface area (Å²) in [4.78, 5) is 0. The van der Waals surface area contributed by atoms with Gasteiger partial charge in [-0.1, -0.05) is 13.3 Å². The van der Waals surface area contributed by atoms with Crippen molar-refractivity contribution >= 4 is 10.0 Å². The van der Waals surface area contributed by atoms with E-state index in [0.29, 0.717) is 13.1 Å². The minimum atomic E-state index is -3.03. The van der Waals surface area contributed by atoms with Gasteiger partial charge in [0.25, 0.3) is 0 Å². The largest absolute Gasteiger partial charge is 0.329 e. The van der Waals surface area contributed by atoms with Crippen molar-refractivity contribution in [2.45, 2.75) is 38.6 Å². The molecule has 0 heterocycles. The summed E-state index contributed by atoms with van der Waals surface area (Å²) in [7, 11) is -3.03. The van der Waals surface area contributed by atoms with Crippen LogP contribution in [0.5, 0.6) is 0 Å². The Labute approximate surface area is 86.5 Å². The molecule has 2 N–H and O–H groups in total. The van der Waals surface area contributed by atoms with E-state index in [-0.39, 0.29) is 11.8 Å². The lowest BCUT2D eigenvalue weighted by atomic mass is 10.4. The van der Waals surface area contributed by atoms with Crippen molar-refractivity contribution in [3.8, 4) is 0 Å². The second kappa shape index (κ2) is 5.09. The molecule has 0 radical (unpaired) electrons. The van der Waals surface area contributed by atoms with Crippen molar-refractivity contribution in [1.82, 2.24) is 4.31 Å². The van der Waals surface area contributed by atoms with E-state index in [1.807, 2.05) is 6.92 Å². The first-order valence-corrected chi connectivity index (χ1v) is 6.92. The number of sulfonamides is 1. The van der Waals surface area contributed by atoms with Crippen LogP contribution in [0.4, 0.5) is 0 Å². The molecule has 0 unspecified atom stereocenters. The highest BCUT2D eigenvalue weighted by atomic mass is 32.2. The molecule has 0 bridgehead atoms. The van der Waals surface area contributed by atoms with Gasteiger partial charge in [-0.05, 0) is 19.3 Å². The Balaban J connectivity index is 2.55. The van der Waals surface area contributed by atoms with Gasteiger partial charge >= 0.3 is 0 Å². The highest BCUT2D eigenvalue weighted by molar-refractivity contribution is 7.89. The first kappa shape index (κ1) is 11.9. The van der Waals surface area contributed by atoms with Crippen LogP contribution in [0.1, 0.15) is 32.6 Å². The quantitative estimate of drug-likeness (QED) is 0.681. The topological polar surface area (TPSA) is 63.4 Å². The van der Waals surface area contributed by atoms with Gasteiger partial charge in [-0.15, -0.1) is 0 Å². The van der Waals surface area contributed by atoms with Crippen molar-refractivity contribution in [3.63, 3.8) is 0 Å². The van der Waals surface area contributed by atoms with Crippen molar-refractivity contribution < 1.29 is 8.42 Å². The Morgan fingerprint density at radius 1 is 1.43 bits per heavy atom. The van der Waals surface area contributed by atoms with E-state index in [1.54, 1.807) is 4.31 Å². The molecular weight excluding hydrogens is 200 g/mol. The molecule has 0 amide bonds.